The maximum Gasteiger partial charge on any atom is 0.168 e. The van der Waals surface area contributed by atoms with E-state index in [0.29, 0.717) is 6.42 Å². The largest absolute Gasteiger partial charge is 0.196 e. The van der Waals surface area contributed by atoms with Crippen LogP contribution in [0.25, 0.3) is 0 Å². The summed E-state index contributed by atoms with van der Waals surface area (Å²) in [6.45, 7) is 12.1. The smallest absolute Gasteiger partial charge is 0.168 e. The molecule has 0 heterocycles. The highest BCUT2D eigenvalue weighted by molar-refractivity contribution is 5.43. The summed E-state index contributed by atoms with van der Waals surface area (Å²) in [6.07, 6.45) is 14.4. The van der Waals surface area contributed by atoms with Crippen molar-refractivity contribution in [3.63, 3.8) is 0 Å². The first kappa shape index (κ1) is 17.0. The Morgan fingerprint density at radius 3 is 2.57 bits per heavy atom. The molecule has 0 saturated heterocycles. The van der Waals surface area contributed by atoms with Crippen LogP contribution in [0.15, 0.2) is 60.8 Å². The number of fused-ring (bicyclic) bond motifs is 1. The molecule has 23 heavy (non-hydrogen) atoms. The van der Waals surface area contributed by atoms with E-state index in [2.05, 4.69) is 51.3 Å². The zero-order valence-electron chi connectivity index (χ0n) is 14.0. The van der Waals surface area contributed by atoms with Gasteiger partial charge in [-0.1, -0.05) is 63.5 Å². The molecule has 0 aromatic rings. The fraction of sp³-hybridized carbons (Fsp3) is 0.429. The Labute approximate surface area is 139 Å². The summed E-state index contributed by atoms with van der Waals surface area (Å²) in [5, 5.41) is 19.5. The SMILES string of the molecule is C=C/C=C(\C=C)C1C=CCC(C#N)(C#N)C2=CC(C)(C)CCC21. The summed E-state index contributed by atoms with van der Waals surface area (Å²) in [5.74, 6) is 0.321. The molecule has 0 fully saturated rings. The van der Waals surface area contributed by atoms with Gasteiger partial charge in [-0.15, -0.1) is 0 Å². The molecule has 2 unspecified atom stereocenters. The van der Waals surface area contributed by atoms with Gasteiger partial charge in [-0.3, -0.25) is 0 Å². The second-order valence-electron chi connectivity index (χ2n) is 7.13. The van der Waals surface area contributed by atoms with Gasteiger partial charge in [0.25, 0.3) is 0 Å². The highest BCUT2D eigenvalue weighted by Crippen LogP contribution is 2.51. The van der Waals surface area contributed by atoms with E-state index in [0.717, 1.165) is 24.0 Å². The molecule has 2 atom stereocenters. The second kappa shape index (κ2) is 6.43. The molecule has 2 aliphatic rings. The van der Waals surface area contributed by atoms with Gasteiger partial charge in [0, 0.05) is 12.3 Å². The predicted molar refractivity (Wildman–Crippen MR) is 94.0 cm³/mol. The van der Waals surface area contributed by atoms with E-state index in [1.54, 1.807) is 6.08 Å². The summed E-state index contributed by atoms with van der Waals surface area (Å²) in [7, 11) is 0. The third-order valence-electron chi connectivity index (χ3n) is 5.05. The highest BCUT2D eigenvalue weighted by Gasteiger charge is 2.45. The lowest BCUT2D eigenvalue weighted by Gasteiger charge is -2.39. The molecule has 2 heteroatoms. The number of nitrogens with zero attached hydrogens (tertiary/aromatic N) is 2. The summed E-state index contributed by atoms with van der Waals surface area (Å²) in [4.78, 5) is 0. The molecule has 0 N–H and O–H groups in total. The van der Waals surface area contributed by atoms with E-state index >= 15 is 0 Å². The van der Waals surface area contributed by atoms with Crippen molar-refractivity contribution in [2.45, 2.75) is 33.1 Å². The minimum atomic E-state index is -1.05. The molecular formula is C21H24N2. The average Bonchev–Trinajstić information content (AvgIpc) is 2.68. The van der Waals surface area contributed by atoms with Crippen molar-refractivity contribution in [3.8, 4) is 12.1 Å². The maximum atomic E-state index is 9.76. The second-order valence-corrected chi connectivity index (χ2v) is 7.13. The van der Waals surface area contributed by atoms with Crippen molar-refractivity contribution < 1.29 is 0 Å². The molecule has 0 aliphatic heterocycles. The number of nitriles is 2. The molecule has 0 radical (unpaired) electrons. The van der Waals surface area contributed by atoms with Crippen LogP contribution in [0.1, 0.15) is 33.1 Å². The summed E-state index contributed by atoms with van der Waals surface area (Å²) in [5.41, 5.74) is 1.06. The predicted octanol–water partition coefficient (Wildman–Crippen LogP) is 5.26. The topological polar surface area (TPSA) is 47.6 Å². The van der Waals surface area contributed by atoms with Gasteiger partial charge in [0.05, 0.1) is 12.1 Å². The Kier molecular flexibility index (Phi) is 4.76. The quantitative estimate of drug-likeness (QED) is 0.527. The number of hydrogen-bond acceptors (Lipinski definition) is 2. The molecule has 118 valence electrons. The fourth-order valence-corrected chi connectivity index (χ4v) is 3.78. The van der Waals surface area contributed by atoms with Crippen LogP contribution in [0.4, 0.5) is 0 Å². The van der Waals surface area contributed by atoms with Crippen LogP contribution < -0.4 is 0 Å². The van der Waals surface area contributed by atoms with E-state index in [9.17, 15) is 10.5 Å². The van der Waals surface area contributed by atoms with E-state index in [1.165, 1.54) is 0 Å². The number of hydrogen-bond donors (Lipinski definition) is 0. The fourth-order valence-electron chi connectivity index (χ4n) is 3.78. The normalized spacial score (nSPS) is 28.3. The monoisotopic (exact) mass is 304 g/mol. The van der Waals surface area contributed by atoms with Crippen molar-refractivity contribution in [2.24, 2.45) is 22.7 Å². The van der Waals surface area contributed by atoms with Crippen LogP contribution in [0.5, 0.6) is 0 Å². The van der Waals surface area contributed by atoms with Crippen molar-refractivity contribution in [1.82, 2.24) is 0 Å². The molecule has 0 saturated carbocycles. The van der Waals surface area contributed by atoms with Crippen LogP contribution in [0.3, 0.4) is 0 Å². The van der Waals surface area contributed by atoms with Gasteiger partial charge >= 0.3 is 0 Å². The van der Waals surface area contributed by atoms with Crippen molar-refractivity contribution >= 4 is 0 Å². The molecule has 0 amide bonds. The Morgan fingerprint density at radius 1 is 1.30 bits per heavy atom. The minimum Gasteiger partial charge on any atom is -0.196 e. The zero-order chi connectivity index (χ0) is 17.1. The Hall–Kier alpha value is -2.32. The van der Waals surface area contributed by atoms with E-state index in [4.69, 9.17) is 0 Å². The number of allylic oxidation sites excluding steroid dienone is 8. The van der Waals surface area contributed by atoms with Crippen LogP contribution >= 0.6 is 0 Å². The van der Waals surface area contributed by atoms with Crippen molar-refractivity contribution in [2.75, 3.05) is 0 Å². The maximum absolute atomic E-state index is 9.76. The van der Waals surface area contributed by atoms with Crippen molar-refractivity contribution in [3.05, 3.63) is 60.8 Å². The molecule has 0 aromatic carbocycles. The molecule has 2 aliphatic carbocycles. The molecule has 0 spiro atoms. The van der Waals surface area contributed by atoms with Crippen LogP contribution in [0, 0.1) is 45.3 Å². The number of rotatable bonds is 3. The van der Waals surface area contributed by atoms with Gasteiger partial charge in [0.15, 0.2) is 5.41 Å². The molecule has 2 nitrogen and oxygen atoms in total. The zero-order valence-corrected chi connectivity index (χ0v) is 14.0. The van der Waals surface area contributed by atoms with E-state index in [1.807, 2.05) is 18.2 Å². The lowest BCUT2D eigenvalue weighted by molar-refractivity contribution is 0.300. The van der Waals surface area contributed by atoms with Crippen LogP contribution in [-0.2, 0) is 0 Å². The molecule has 0 aromatic heterocycles. The van der Waals surface area contributed by atoms with Gasteiger partial charge in [0.2, 0.25) is 0 Å². The molecule has 0 bridgehead atoms. The van der Waals surface area contributed by atoms with E-state index < -0.39 is 5.41 Å². The lowest BCUT2D eigenvalue weighted by Crippen LogP contribution is -2.32. The third-order valence-corrected chi connectivity index (χ3v) is 5.05. The first-order valence-corrected chi connectivity index (χ1v) is 8.10. The van der Waals surface area contributed by atoms with Gasteiger partial charge < -0.3 is 0 Å². The minimum absolute atomic E-state index is 0.0240. The van der Waals surface area contributed by atoms with Crippen LogP contribution in [-0.4, -0.2) is 0 Å². The standard InChI is InChI=1S/C21H24N2/c1-5-8-16(6-2)17-9-7-11-21(14-22,15-23)19-13-20(3,4)12-10-18(17)19/h5-9,13,17-18H,1-2,10-12H2,3-4H3/b16-8+. The Balaban J connectivity index is 2.63. The lowest BCUT2D eigenvalue weighted by atomic mass is 9.62. The Bertz CT molecular complexity index is 660. The average molecular weight is 304 g/mol. The van der Waals surface area contributed by atoms with Gasteiger partial charge in [-0.05, 0) is 35.3 Å². The van der Waals surface area contributed by atoms with Gasteiger partial charge in [-0.2, -0.15) is 10.5 Å². The van der Waals surface area contributed by atoms with E-state index in [-0.39, 0.29) is 17.3 Å². The Morgan fingerprint density at radius 2 is 2.00 bits per heavy atom. The summed E-state index contributed by atoms with van der Waals surface area (Å²) >= 11 is 0. The first-order chi connectivity index (χ1) is 10.9. The van der Waals surface area contributed by atoms with Crippen LogP contribution in [0.2, 0.25) is 0 Å². The summed E-state index contributed by atoms with van der Waals surface area (Å²) < 4.78 is 0. The third kappa shape index (κ3) is 3.08. The molecule has 2 rings (SSSR count). The van der Waals surface area contributed by atoms with Gasteiger partial charge in [0.1, 0.15) is 0 Å². The highest BCUT2D eigenvalue weighted by atomic mass is 14.5. The van der Waals surface area contributed by atoms with Crippen molar-refractivity contribution in [1.29, 1.82) is 10.5 Å². The summed E-state index contributed by atoms with van der Waals surface area (Å²) in [6, 6.07) is 4.61. The first-order valence-electron chi connectivity index (χ1n) is 8.10. The molecular weight excluding hydrogens is 280 g/mol. The van der Waals surface area contributed by atoms with Gasteiger partial charge in [-0.25, -0.2) is 0 Å².